The van der Waals surface area contributed by atoms with Gasteiger partial charge in [0.15, 0.2) is 5.16 Å². The van der Waals surface area contributed by atoms with Crippen molar-refractivity contribution in [2.24, 2.45) is 0 Å². The van der Waals surface area contributed by atoms with Crippen LogP contribution in [0.5, 0.6) is 0 Å². The average Bonchev–Trinajstić information content (AvgIpc) is 2.56. The summed E-state index contributed by atoms with van der Waals surface area (Å²) in [5.41, 5.74) is 1.07. The van der Waals surface area contributed by atoms with Crippen molar-refractivity contribution in [1.82, 2.24) is 9.97 Å². The van der Waals surface area contributed by atoms with Gasteiger partial charge in [-0.05, 0) is 26.0 Å². The van der Waals surface area contributed by atoms with Gasteiger partial charge in [0.2, 0.25) is 0 Å². The summed E-state index contributed by atoms with van der Waals surface area (Å²) in [5, 5.41) is 0.888. The monoisotopic (exact) mass is 237 g/mol. The highest BCUT2D eigenvalue weighted by molar-refractivity contribution is 7.98. The van der Waals surface area contributed by atoms with Gasteiger partial charge in [-0.25, -0.2) is 9.97 Å². The third-order valence-electron chi connectivity index (χ3n) is 2.93. The van der Waals surface area contributed by atoms with Crippen LogP contribution in [0.1, 0.15) is 31.4 Å². The third kappa shape index (κ3) is 2.88. The zero-order valence-corrected chi connectivity index (χ0v) is 10.9. The number of hydrogen-bond donors (Lipinski definition) is 0. The average molecular weight is 237 g/mol. The third-order valence-corrected chi connectivity index (χ3v) is 3.48. The number of aromatic nitrogens is 2. The lowest BCUT2D eigenvalue weighted by atomic mass is 10.2. The second-order valence-electron chi connectivity index (χ2n) is 4.26. The van der Waals surface area contributed by atoms with Gasteiger partial charge in [0.05, 0.1) is 0 Å². The van der Waals surface area contributed by atoms with E-state index in [2.05, 4.69) is 20.9 Å². The molecule has 4 heteroatoms. The maximum absolute atomic E-state index is 4.60. The van der Waals surface area contributed by atoms with Crippen molar-refractivity contribution in [3.63, 3.8) is 0 Å². The second kappa shape index (κ2) is 5.53. The van der Waals surface area contributed by atoms with E-state index in [1.54, 1.807) is 11.8 Å². The molecule has 2 rings (SSSR count). The molecular formula is C12H19N3S. The zero-order chi connectivity index (χ0) is 11.4. The first kappa shape index (κ1) is 11.7. The van der Waals surface area contributed by atoms with Crippen molar-refractivity contribution in [3.8, 4) is 0 Å². The summed E-state index contributed by atoms with van der Waals surface area (Å²) < 4.78 is 0. The molecule has 0 aromatic carbocycles. The fourth-order valence-corrected chi connectivity index (χ4v) is 2.50. The molecule has 1 fully saturated rings. The summed E-state index contributed by atoms with van der Waals surface area (Å²) in [6.07, 6.45) is 7.32. The Bertz CT molecular complexity index is 346. The second-order valence-corrected chi connectivity index (χ2v) is 5.03. The Balaban J connectivity index is 2.20. The van der Waals surface area contributed by atoms with Crippen molar-refractivity contribution in [2.75, 3.05) is 24.2 Å². The van der Waals surface area contributed by atoms with Crippen LogP contribution in [0, 0.1) is 6.92 Å². The highest BCUT2D eigenvalue weighted by atomic mass is 32.2. The van der Waals surface area contributed by atoms with Crippen molar-refractivity contribution in [1.29, 1.82) is 0 Å². The van der Waals surface area contributed by atoms with Crippen LogP contribution in [-0.4, -0.2) is 29.3 Å². The largest absolute Gasteiger partial charge is 0.356 e. The maximum atomic E-state index is 4.60. The molecule has 0 atom stereocenters. The summed E-state index contributed by atoms with van der Waals surface area (Å²) >= 11 is 1.62. The standard InChI is InChI=1S/C12H19N3S/c1-10-9-11(14-12(13-10)16-2)15-7-5-3-4-6-8-15/h9H,3-8H2,1-2H3. The summed E-state index contributed by atoms with van der Waals surface area (Å²) in [6, 6.07) is 2.10. The van der Waals surface area contributed by atoms with Gasteiger partial charge >= 0.3 is 0 Å². The van der Waals surface area contributed by atoms with Crippen molar-refractivity contribution < 1.29 is 0 Å². The summed E-state index contributed by atoms with van der Waals surface area (Å²) in [5.74, 6) is 1.11. The molecule has 16 heavy (non-hydrogen) atoms. The van der Waals surface area contributed by atoms with Gasteiger partial charge in [-0.3, -0.25) is 0 Å². The molecule has 0 saturated carbocycles. The number of hydrogen-bond acceptors (Lipinski definition) is 4. The Hall–Kier alpha value is -0.770. The SMILES string of the molecule is CSc1nc(C)cc(N2CCCCCC2)n1. The van der Waals surface area contributed by atoms with Crippen LogP contribution in [-0.2, 0) is 0 Å². The van der Waals surface area contributed by atoms with E-state index < -0.39 is 0 Å². The Morgan fingerprint density at radius 2 is 1.81 bits per heavy atom. The zero-order valence-electron chi connectivity index (χ0n) is 10.1. The van der Waals surface area contributed by atoms with Crippen LogP contribution in [0.3, 0.4) is 0 Å². The molecule has 3 nitrogen and oxygen atoms in total. The van der Waals surface area contributed by atoms with Crippen LogP contribution >= 0.6 is 11.8 Å². The van der Waals surface area contributed by atoms with Crippen LogP contribution in [0.15, 0.2) is 11.2 Å². The van der Waals surface area contributed by atoms with Gasteiger partial charge in [0.1, 0.15) is 5.82 Å². The molecule has 1 aliphatic heterocycles. The predicted octanol–water partition coefficient (Wildman–Crippen LogP) is 2.89. The summed E-state index contributed by atoms with van der Waals surface area (Å²) in [6.45, 7) is 4.33. The Morgan fingerprint density at radius 3 is 2.44 bits per heavy atom. The molecule has 88 valence electrons. The minimum absolute atomic E-state index is 0.888. The lowest BCUT2D eigenvalue weighted by Crippen LogP contribution is -2.25. The molecule has 0 amide bonds. The smallest absolute Gasteiger partial charge is 0.189 e. The highest BCUT2D eigenvalue weighted by Crippen LogP contribution is 2.20. The molecule has 0 N–H and O–H groups in total. The number of nitrogens with zero attached hydrogens (tertiary/aromatic N) is 3. The van der Waals surface area contributed by atoms with Crippen LogP contribution in [0.25, 0.3) is 0 Å². The summed E-state index contributed by atoms with van der Waals surface area (Å²) in [7, 11) is 0. The van der Waals surface area contributed by atoms with E-state index in [1.807, 2.05) is 13.2 Å². The Kier molecular flexibility index (Phi) is 4.04. The normalized spacial score (nSPS) is 17.2. The van der Waals surface area contributed by atoms with Gasteiger partial charge in [-0.1, -0.05) is 24.6 Å². The van der Waals surface area contributed by atoms with E-state index in [-0.39, 0.29) is 0 Å². The topological polar surface area (TPSA) is 29.0 Å². The van der Waals surface area contributed by atoms with E-state index in [0.717, 1.165) is 29.8 Å². The number of thioether (sulfide) groups is 1. The Morgan fingerprint density at radius 1 is 1.12 bits per heavy atom. The Labute approximate surface area is 102 Å². The molecule has 0 bridgehead atoms. The molecular weight excluding hydrogens is 218 g/mol. The first-order valence-corrected chi connectivity index (χ1v) is 7.16. The van der Waals surface area contributed by atoms with Crippen LogP contribution < -0.4 is 4.90 Å². The van der Waals surface area contributed by atoms with Crippen molar-refractivity contribution in [2.45, 2.75) is 37.8 Å². The minimum atomic E-state index is 0.888. The number of rotatable bonds is 2. The van der Waals surface area contributed by atoms with Crippen molar-refractivity contribution in [3.05, 3.63) is 11.8 Å². The fraction of sp³-hybridized carbons (Fsp3) is 0.667. The number of anilines is 1. The highest BCUT2D eigenvalue weighted by Gasteiger charge is 2.12. The van der Waals surface area contributed by atoms with Gasteiger partial charge in [0.25, 0.3) is 0 Å². The molecule has 1 aromatic heterocycles. The molecule has 0 aliphatic carbocycles. The first-order chi connectivity index (χ1) is 7.79. The van der Waals surface area contributed by atoms with Crippen LogP contribution in [0.2, 0.25) is 0 Å². The lowest BCUT2D eigenvalue weighted by Gasteiger charge is -2.21. The van der Waals surface area contributed by atoms with Gasteiger partial charge < -0.3 is 4.90 Å². The number of aryl methyl sites for hydroxylation is 1. The van der Waals surface area contributed by atoms with E-state index in [4.69, 9.17) is 0 Å². The van der Waals surface area contributed by atoms with Gasteiger partial charge in [-0.2, -0.15) is 0 Å². The van der Waals surface area contributed by atoms with E-state index in [1.165, 1.54) is 25.7 Å². The van der Waals surface area contributed by atoms with Gasteiger partial charge in [0, 0.05) is 24.8 Å². The lowest BCUT2D eigenvalue weighted by molar-refractivity contribution is 0.726. The summed E-state index contributed by atoms with van der Waals surface area (Å²) in [4.78, 5) is 11.4. The molecule has 0 spiro atoms. The molecule has 1 saturated heterocycles. The fourth-order valence-electron chi connectivity index (χ4n) is 2.08. The van der Waals surface area contributed by atoms with Crippen LogP contribution in [0.4, 0.5) is 5.82 Å². The van der Waals surface area contributed by atoms with E-state index >= 15 is 0 Å². The van der Waals surface area contributed by atoms with Gasteiger partial charge in [-0.15, -0.1) is 0 Å². The van der Waals surface area contributed by atoms with E-state index in [0.29, 0.717) is 0 Å². The molecule has 0 unspecified atom stereocenters. The molecule has 1 aliphatic rings. The maximum Gasteiger partial charge on any atom is 0.189 e. The first-order valence-electron chi connectivity index (χ1n) is 5.94. The molecule has 1 aromatic rings. The molecule has 0 radical (unpaired) electrons. The van der Waals surface area contributed by atoms with Crippen molar-refractivity contribution >= 4 is 17.6 Å². The molecule has 2 heterocycles. The van der Waals surface area contributed by atoms with E-state index in [9.17, 15) is 0 Å². The minimum Gasteiger partial charge on any atom is -0.356 e. The predicted molar refractivity (Wildman–Crippen MR) is 69.2 cm³/mol. The quantitative estimate of drug-likeness (QED) is 0.584.